The van der Waals surface area contributed by atoms with E-state index in [1.54, 1.807) is 44.7 Å². The number of rotatable bonds is 14. The number of fused-ring (bicyclic) bond motifs is 5. The number of pyridine rings is 3. The molecular weight excluding hydrogens is 932 g/mol. The molecule has 1 saturated carbocycles. The van der Waals surface area contributed by atoms with Gasteiger partial charge in [-0.1, -0.05) is 62.4 Å². The van der Waals surface area contributed by atoms with Gasteiger partial charge in [0.15, 0.2) is 0 Å². The topological polar surface area (TPSA) is 128 Å². The SMILES string of the molecule is CC.O=c1n(Cc2nc3cc(Cl)ccc3n2CCCCF)c2cnccc2n1-c1ccc2ncccc2c1.O=c1n(Cc2nc3cc(Cl)ccc3n2CCCCF)c2cnccc2n1C1CCCCC1. The Labute approximate surface area is 413 Å². The lowest BCUT2D eigenvalue weighted by atomic mass is 9.95. The number of halogens is 4. The largest absolute Gasteiger partial charge is 0.334 e. The van der Waals surface area contributed by atoms with Gasteiger partial charge in [0.1, 0.15) is 11.6 Å². The van der Waals surface area contributed by atoms with Crippen molar-refractivity contribution < 1.29 is 8.78 Å². The molecule has 7 heterocycles. The van der Waals surface area contributed by atoms with Gasteiger partial charge in [-0.3, -0.25) is 42.0 Å². The third-order valence-electron chi connectivity index (χ3n) is 13.0. The minimum Gasteiger partial charge on any atom is -0.326 e. The highest BCUT2D eigenvalue weighted by Crippen LogP contribution is 2.31. The quantitative estimate of drug-likeness (QED) is 0.0992. The fraction of sp³-hybridized carbons (Fsp3) is 0.340. The standard InChI is InChI=1S/C27H22ClFN6O.C24H27ClFN5O.C2H6/c28-19-5-8-23-22(15-19)32-26(33(23)13-2-1-10-29)17-34-25-16-30-12-9-24(25)35(27(34)36)20-6-7-21-18(14-20)4-3-11-31-21;25-17-8-9-20-19(14-17)28-23(29(20)13-5-4-11-26)16-30-22-15-27-12-10-21(22)31(24(30)32)18-6-2-1-3-7-18;1-2/h3-9,11-12,14-16H,1-2,10,13,17H2;8-10,12,14-15,18H,1-7,11,13,16H2;1-2H3. The van der Waals surface area contributed by atoms with Crippen LogP contribution in [0, 0.1) is 0 Å². The lowest BCUT2D eigenvalue weighted by Crippen LogP contribution is -2.29. The molecule has 17 heteroatoms. The van der Waals surface area contributed by atoms with E-state index in [9.17, 15) is 18.4 Å². The van der Waals surface area contributed by atoms with Crippen LogP contribution < -0.4 is 11.4 Å². The van der Waals surface area contributed by atoms with Gasteiger partial charge in [-0.2, -0.15) is 0 Å². The molecule has 0 saturated heterocycles. The zero-order valence-corrected chi connectivity index (χ0v) is 40.8. The van der Waals surface area contributed by atoms with Crippen molar-refractivity contribution in [1.82, 2.24) is 52.3 Å². The number of alkyl halides is 2. The third-order valence-corrected chi connectivity index (χ3v) is 13.5. The van der Waals surface area contributed by atoms with E-state index in [0.717, 1.165) is 86.7 Å². The van der Waals surface area contributed by atoms with Crippen LogP contribution in [-0.2, 0) is 26.2 Å². The summed E-state index contributed by atoms with van der Waals surface area (Å²) in [4.78, 5) is 50.0. The maximum absolute atomic E-state index is 13.8. The molecule has 1 aliphatic rings. The molecule has 10 aromatic rings. The molecule has 0 bridgehead atoms. The molecule has 0 N–H and O–H groups in total. The number of hydrogen-bond acceptors (Lipinski definition) is 7. The van der Waals surface area contributed by atoms with Gasteiger partial charge in [0.2, 0.25) is 0 Å². The van der Waals surface area contributed by atoms with E-state index in [1.807, 2.05) is 97.3 Å². The number of aromatic nitrogens is 11. The van der Waals surface area contributed by atoms with Crippen LogP contribution in [0.2, 0.25) is 10.0 Å². The molecule has 0 spiro atoms. The molecule has 70 heavy (non-hydrogen) atoms. The van der Waals surface area contributed by atoms with E-state index in [2.05, 4.69) is 24.1 Å². The van der Waals surface area contributed by atoms with Crippen LogP contribution in [-0.4, -0.2) is 65.7 Å². The summed E-state index contributed by atoms with van der Waals surface area (Å²) in [5, 5.41) is 2.15. The summed E-state index contributed by atoms with van der Waals surface area (Å²) in [6.07, 6.45) is 16.6. The fourth-order valence-corrected chi connectivity index (χ4v) is 10.1. The van der Waals surface area contributed by atoms with Crippen LogP contribution in [0.25, 0.3) is 60.7 Å². The molecule has 7 aromatic heterocycles. The number of nitrogens with zero attached hydrogens (tertiary/aromatic N) is 11. The first-order chi connectivity index (χ1) is 34.3. The minimum atomic E-state index is -0.367. The Morgan fingerprint density at radius 3 is 1.74 bits per heavy atom. The van der Waals surface area contributed by atoms with Crippen LogP contribution in [0.1, 0.15) is 89.3 Å². The highest BCUT2D eigenvalue weighted by molar-refractivity contribution is 6.31. The Kier molecular flexibility index (Phi) is 15.1. The van der Waals surface area contributed by atoms with Gasteiger partial charge < -0.3 is 9.13 Å². The Morgan fingerprint density at radius 2 is 1.14 bits per heavy atom. The van der Waals surface area contributed by atoms with Crippen molar-refractivity contribution in [3.05, 3.63) is 153 Å². The number of aryl methyl sites for hydroxylation is 2. The van der Waals surface area contributed by atoms with Gasteiger partial charge >= 0.3 is 11.4 Å². The van der Waals surface area contributed by atoms with Crippen molar-refractivity contribution in [3.8, 4) is 5.69 Å². The molecule has 1 fully saturated rings. The van der Waals surface area contributed by atoms with E-state index in [4.69, 9.17) is 33.2 Å². The second-order valence-electron chi connectivity index (χ2n) is 17.3. The van der Waals surface area contributed by atoms with Crippen LogP contribution in [0.5, 0.6) is 0 Å². The molecule has 11 rings (SSSR count). The Balaban J connectivity index is 0.000000169. The molecule has 3 aromatic carbocycles. The van der Waals surface area contributed by atoms with Crippen LogP contribution >= 0.6 is 23.2 Å². The highest BCUT2D eigenvalue weighted by atomic mass is 35.5. The summed E-state index contributed by atoms with van der Waals surface area (Å²) < 4.78 is 36.8. The van der Waals surface area contributed by atoms with Crippen molar-refractivity contribution in [1.29, 1.82) is 0 Å². The fourth-order valence-electron chi connectivity index (χ4n) is 9.74. The first kappa shape index (κ1) is 48.3. The number of imidazole rings is 4. The first-order valence-corrected chi connectivity index (χ1v) is 24.9. The summed E-state index contributed by atoms with van der Waals surface area (Å²) >= 11 is 12.4. The maximum Gasteiger partial charge on any atom is 0.334 e. The molecule has 0 unspecified atom stereocenters. The molecule has 1 aliphatic carbocycles. The van der Waals surface area contributed by atoms with Gasteiger partial charge in [-0.25, -0.2) is 19.6 Å². The predicted octanol–water partition coefficient (Wildman–Crippen LogP) is 12.1. The second-order valence-corrected chi connectivity index (χ2v) is 18.1. The zero-order valence-electron chi connectivity index (χ0n) is 39.3. The van der Waals surface area contributed by atoms with E-state index in [0.29, 0.717) is 66.7 Å². The lowest BCUT2D eigenvalue weighted by molar-refractivity contribution is 0.350. The Hall–Kier alpha value is -6.71. The Morgan fingerprint density at radius 1 is 0.571 bits per heavy atom. The summed E-state index contributed by atoms with van der Waals surface area (Å²) in [7, 11) is 0. The summed E-state index contributed by atoms with van der Waals surface area (Å²) in [5.41, 5.74) is 8.00. The smallest absolute Gasteiger partial charge is 0.326 e. The van der Waals surface area contributed by atoms with Gasteiger partial charge in [-0.05, 0) is 111 Å². The number of benzene rings is 3. The molecule has 13 nitrogen and oxygen atoms in total. The Bertz CT molecular complexity index is 3550. The zero-order chi connectivity index (χ0) is 48.7. The van der Waals surface area contributed by atoms with Crippen LogP contribution in [0.15, 0.2) is 119 Å². The van der Waals surface area contributed by atoms with Crippen LogP contribution in [0.3, 0.4) is 0 Å². The molecule has 0 atom stereocenters. The molecular formula is C53H55Cl2F2N11O2. The van der Waals surface area contributed by atoms with Gasteiger partial charge in [0.05, 0.1) is 94.2 Å². The van der Waals surface area contributed by atoms with E-state index >= 15 is 0 Å². The monoisotopic (exact) mass is 985 g/mol. The molecule has 0 amide bonds. The highest BCUT2D eigenvalue weighted by Gasteiger charge is 2.24. The maximum atomic E-state index is 13.8. The molecule has 362 valence electrons. The summed E-state index contributed by atoms with van der Waals surface area (Å²) in [5.74, 6) is 1.48. The van der Waals surface area contributed by atoms with Crippen molar-refractivity contribution in [2.75, 3.05) is 13.3 Å². The summed E-state index contributed by atoms with van der Waals surface area (Å²) in [6, 6.07) is 24.8. The lowest BCUT2D eigenvalue weighted by Gasteiger charge is -2.22. The van der Waals surface area contributed by atoms with E-state index in [1.165, 1.54) is 6.42 Å². The van der Waals surface area contributed by atoms with Gasteiger partial charge in [0, 0.05) is 53.2 Å². The van der Waals surface area contributed by atoms with Gasteiger partial charge in [0.25, 0.3) is 0 Å². The van der Waals surface area contributed by atoms with Crippen molar-refractivity contribution in [2.45, 2.75) is 104 Å². The average Bonchev–Trinajstić information content (AvgIpc) is 4.08. The van der Waals surface area contributed by atoms with Crippen molar-refractivity contribution in [3.63, 3.8) is 0 Å². The van der Waals surface area contributed by atoms with Crippen molar-refractivity contribution >= 4 is 78.2 Å². The second kappa shape index (κ2) is 21.9. The number of unbranched alkanes of at least 4 members (excludes halogenated alkanes) is 2. The van der Waals surface area contributed by atoms with Crippen LogP contribution in [0.4, 0.5) is 8.78 Å². The van der Waals surface area contributed by atoms with Crippen molar-refractivity contribution in [2.24, 2.45) is 0 Å². The predicted molar refractivity (Wildman–Crippen MR) is 276 cm³/mol. The normalized spacial score (nSPS) is 13.1. The van der Waals surface area contributed by atoms with Gasteiger partial charge in [-0.15, -0.1) is 0 Å². The molecule has 0 radical (unpaired) electrons. The molecule has 0 aliphatic heterocycles. The van der Waals surface area contributed by atoms with E-state index in [-0.39, 0.29) is 37.3 Å². The minimum absolute atomic E-state index is 0.0136. The average molecular weight is 987 g/mol. The summed E-state index contributed by atoms with van der Waals surface area (Å²) in [6.45, 7) is 5.11. The van der Waals surface area contributed by atoms with E-state index < -0.39 is 0 Å². The third kappa shape index (κ3) is 9.73. The number of hydrogen-bond donors (Lipinski definition) is 0. The first-order valence-electron chi connectivity index (χ1n) is 24.2.